The number of carbonyl (C=O) groups excluding carboxylic acids is 13. The molecule has 0 aromatic heterocycles. The predicted octanol–water partition coefficient (Wildman–Crippen LogP) is 11.0. The summed E-state index contributed by atoms with van der Waals surface area (Å²) >= 11 is 13.1. The summed E-state index contributed by atoms with van der Waals surface area (Å²) in [6.45, 7) is 15.4. The third kappa shape index (κ3) is 36.3. The first-order valence-electron chi connectivity index (χ1n) is 22.5. The quantitative estimate of drug-likeness (QED) is 0.247. The van der Waals surface area contributed by atoms with E-state index < -0.39 is 0 Å². The summed E-state index contributed by atoms with van der Waals surface area (Å²) in [7, 11) is 0. The number of thioether (sulfide) groups is 11. The average molecular weight is 1270 g/mol. The molecule has 11 heterocycles. The molecule has 1 atom stereocenters. The van der Waals surface area contributed by atoms with Gasteiger partial charge in [-0.25, -0.2) is 0 Å². The fourth-order valence-corrected chi connectivity index (χ4v) is 11.8. The predicted molar refractivity (Wildman–Crippen MR) is 333 cm³/mol. The van der Waals surface area contributed by atoms with Crippen molar-refractivity contribution in [2.75, 3.05) is 34.5 Å². The van der Waals surface area contributed by atoms with Gasteiger partial charge in [-0.1, -0.05) is 144 Å². The maximum absolute atomic E-state index is 10.7. The van der Waals surface area contributed by atoms with Crippen LogP contribution >= 0.6 is 129 Å². The Kier molecular flexibility index (Phi) is 37.2. The molecule has 0 aromatic carbocycles. The molecule has 0 amide bonds. The van der Waals surface area contributed by atoms with Crippen molar-refractivity contribution in [1.29, 1.82) is 0 Å². The first-order valence-corrected chi connectivity index (χ1v) is 32.5. The summed E-state index contributed by atoms with van der Waals surface area (Å²) in [5, 5.41) is 17.9. The highest BCUT2D eigenvalue weighted by Gasteiger charge is 2.23. The van der Waals surface area contributed by atoms with Crippen LogP contribution in [0.5, 0.6) is 0 Å². The largest absolute Gasteiger partial charge is 0.511 e. The average Bonchev–Trinajstić information content (AvgIpc) is 4.20. The number of aliphatic hydroxyl groups is 2. The summed E-state index contributed by atoms with van der Waals surface area (Å²) in [6.07, 6.45) is 28.2. The fraction of sp³-hybridized carbons (Fsp3) is 0.288. The maximum atomic E-state index is 10.7. The van der Waals surface area contributed by atoms with Gasteiger partial charge in [0.05, 0.1) is 5.75 Å². The molecule has 0 saturated heterocycles. The van der Waals surface area contributed by atoms with Gasteiger partial charge in [0.15, 0.2) is 5.76 Å². The normalized spacial score (nSPS) is 20.9. The molecular weight excluding hydrogens is 1220 g/mol. The van der Waals surface area contributed by atoms with E-state index in [-0.39, 0.29) is 82.8 Å². The molecule has 0 radical (unpaired) electrons. The number of hydrogen-bond donors (Lipinski definition) is 2. The molecule has 418 valence electrons. The van der Waals surface area contributed by atoms with E-state index in [2.05, 4.69) is 6.58 Å². The molecule has 0 aliphatic carbocycles. The molecule has 0 bridgehead atoms. The van der Waals surface area contributed by atoms with Crippen LogP contribution in [0.4, 0.5) is 0 Å². The summed E-state index contributed by atoms with van der Waals surface area (Å²) in [4.78, 5) is 134. The number of carbonyl (C=O) groups is 13. The lowest BCUT2D eigenvalue weighted by atomic mass is 10.2. The van der Waals surface area contributed by atoms with Crippen molar-refractivity contribution in [1.82, 2.24) is 0 Å². The van der Waals surface area contributed by atoms with Crippen molar-refractivity contribution in [3.05, 3.63) is 143 Å². The molecule has 11 aliphatic rings. The summed E-state index contributed by atoms with van der Waals surface area (Å²) in [6, 6.07) is 0. The third-order valence-electron chi connectivity index (χ3n) is 8.38. The Morgan fingerprint density at radius 2 is 1.05 bits per heavy atom. The van der Waals surface area contributed by atoms with Crippen LogP contribution in [0.1, 0.15) is 48.0 Å². The van der Waals surface area contributed by atoms with Crippen molar-refractivity contribution in [2.45, 2.75) is 58.0 Å². The van der Waals surface area contributed by atoms with E-state index in [0.717, 1.165) is 92.5 Å². The van der Waals surface area contributed by atoms with E-state index in [4.69, 9.17) is 10.2 Å². The van der Waals surface area contributed by atoms with Gasteiger partial charge in [-0.05, 0) is 143 Å². The minimum Gasteiger partial charge on any atom is -0.511 e. The van der Waals surface area contributed by atoms with Crippen LogP contribution in [0.15, 0.2) is 143 Å². The van der Waals surface area contributed by atoms with Crippen molar-refractivity contribution in [3.63, 3.8) is 0 Å². The van der Waals surface area contributed by atoms with Crippen LogP contribution < -0.4 is 0 Å². The van der Waals surface area contributed by atoms with Crippen LogP contribution in [-0.2, 0) is 62.3 Å². The van der Waals surface area contributed by atoms with Crippen LogP contribution in [0, 0.1) is 0 Å². The lowest BCUT2D eigenvalue weighted by molar-refractivity contribution is -0.110. The highest BCUT2D eigenvalue weighted by atomic mass is 32.2. The molecule has 0 spiro atoms. The molecule has 15 nitrogen and oxygen atoms in total. The van der Waals surface area contributed by atoms with Gasteiger partial charge in [0.1, 0.15) is 5.76 Å². The van der Waals surface area contributed by atoms with Gasteiger partial charge in [-0.15, -0.1) is 0 Å². The van der Waals surface area contributed by atoms with Crippen molar-refractivity contribution in [2.24, 2.45) is 0 Å². The Labute approximate surface area is 499 Å². The molecule has 1 unspecified atom stereocenters. The highest BCUT2D eigenvalue weighted by molar-refractivity contribution is 8.27. The van der Waals surface area contributed by atoms with Crippen LogP contribution in [0.2, 0.25) is 0 Å². The number of hydrogen-bond acceptors (Lipinski definition) is 26. The van der Waals surface area contributed by atoms with E-state index in [1.807, 2.05) is 71.9 Å². The van der Waals surface area contributed by atoms with E-state index in [1.54, 1.807) is 30.4 Å². The van der Waals surface area contributed by atoms with Crippen molar-refractivity contribution in [3.8, 4) is 0 Å². The van der Waals surface area contributed by atoms with Gasteiger partial charge in [-0.3, -0.25) is 62.3 Å². The molecule has 0 fully saturated rings. The second kappa shape index (κ2) is 40.3. The number of aliphatic hydroxyl groups excluding tert-OH is 2. The zero-order chi connectivity index (χ0) is 58.8. The lowest BCUT2D eigenvalue weighted by Gasteiger charge is -2.09. The first-order chi connectivity index (χ1) is 36.7. The third-order valence-corrected chi connectivity index (χ3v) is 17.6. The lowest BCUT2D eigenvalue weighted by Crippen LogP contribution is -2.05. The Balaban J connectivity index is 0.000000429. The molecule has 11 rings (SSSR count). The highest BCUT2D eigenvalue weighted by Crippen LogP contribution is 2.32. The van der Waals surface area contributed by atoms with Gasteiger partial charge in [0.2, 0.25) is 61.4 Å². The van der Waals surface area contributed by atoms with Gasteiger partial charge in [0.25, 0.3) is 5.12 Å². The number of allylic oxidation sites excluding steroid dienone is 1. The molecule has 11 aliphatic heterocycles. The monoisotopic (exact) mass is 1270 g/mol. The first kappa shape index (κ1) is 72.1. The van der Waals surface area contributed by atoms with Gasteiger partial charge >= 0.3 is 0 Å². The fourth-order valence-electron chi connectivity index (χ4n) is 4.67. The standard InChI is InChI=1S/2C6H8OS.3C5H6OS.C5H4OS.2C4H4O2S.2C4H2O2S.C4H4OS/c1-6(2)4-3-5(7)8-6;1-2-5-3-4-8-6(5)7;1-4-2-5(6)7-3-4;1-4-2-3-7-5(4)6;2*1-4-2-3-5(6)7-4;5-3-1-4(6)7-2-3;5-3-1-2-7-4(3)6;2*5-3-1-2-4(6)7-3;5-4-2-1-3-6-4/h3-4H,1-2H3;3H,2,4H2,1H3;2*2H,3H2,1H3;2-4H,1H3;2-3H,1H2;2*1,5H,2H2;2*1-2H;1-2H,3H2. The van der Waals surface area contributed by atoms with E-state index in [1.165, 1.54) is 130 Å². The molecule has 0 aromatic rings. The Hall–Kier alpha value is -3.96. The minimum absolute atomic E-state index is 0.0440. The molecule has 78 heavy (non-hydrogen) atoms. The Morgan fingerprint density at radius 3 is 1.19 bits per heavy atom. The second-order valence-corrected chi connectivity index (χ2v) is 27.6. The van der Waals surface area contributed by atoms with Crippen LogP contribution in [0.25, 0.3) is 0 Å². The zero-order valence-corrected chi connectivity index (χ0v) is 51.7. The van der Waals surface area contributed by atoms with Crippen LogP contribution in [0.3, 0.4) is 0 Å². The summed E-state index contributed by atoms with van der Waals surface area (Å²) in [5.74, 6) is 4.73. The van der Waals surface area contributed by atoms with E-state index >= 15 is 0 Å². The number of rotatable bonds is 1. The summed E-state index contributed by atoms with van der Waals surface area (Å²) in [5.41, 5.74) is 3.09. The second-order valence-electron chi connectivity index (χ2n) is 15.5. The van der Waals surface area contributed by atoms with Gasteiger partial charge in [-0.2, -0.15) is 0 Å². The molecule has 0 saturated carbocycles. The van der Waals surface area contributed by atoms with Crippen molar-refractivity contribution < 1.29 is 72.5 Å². The SMILES string of the molecule is C=C1C=CC(=O)S1.CC1(C)C=CC(=O)S1.CC1=CC(=O)SC1.CC1=CCSC1=O.CC1C=CC(=O)S1.CCC1=CCSC1=O.O=C1C=C(O)CS1.O=C1C=CC(=O)S1.O=C1C=CC(=O)S1.O=C1C=CCS1.O=C1SCC=C1O. The van der Waals surface area contributed by atoms with Gasteiger partial charge in [0, 0.05) is 60.9 Å². The zero-order valence-electron chi connectivity index (χ0n) is 42.7. The van der Waals surface area contributed by atoms with Crippen molar-refractivity contribution >= 4 is 196 Å². The summed E-state index contributed by atoms with van der Waals surface area (Å²) < 4.78 is 0.0527. The van der Waals surface area contributed by atoms with Crippen LogP contribution in [-0.4, -0.2) is 121 Å². The Bertz CT molecular complexity index is 2490. The minimum atomic E-state index is -0.208. The topological polar surface area (TPSA) is 262 Å². The van der Waals surface area contributed by atoms with E-state index in [0.29, 0.717) is 16.8 Å². The molecule has 2 N–H and O–H groups in total. The van der Waals surface area contributed by atoms with E-state index in [9.17, 15) is 62.3 Å². The Morgan fingerprint density at radius 1 is 0.526 bits per heavy atom. The smallest absolute Gasteiger partial charge is 0.253 e. The molecule has 26 heteroatoms. The molecular formula is C52H54O15S11. The maximum Gasteiger partial charge on any atom is 0.253 e. The van der Waals surface area contributed by atoms with Gasteiger partial charge < -0.3 is 10.2 Å².